The Morgan fingerprint density at radius 2 is 2.15 bits per heavy atom. The molecule has 20 heavy (non-hydrogen) atoms. The van der Waals surface area contributed by atoms with Crippen LogP contribution in [-0.2, 0) is 6.54 Å². The van der Waals surface area contributed by atoms with Crippen molar-refractivity contribution in [1.82, 2.24) is 5.32 Å². The lowest BCUT2D eigenvalue weighted by atomic mass is 10.0. The topological polar surface area (TPSA) is 35.5 Å². The smallest absolute Gasteiger partial charge is 0.0637 e. The lowest BCUT2D eigenvalue weighted by molar-refractivity contribution is 0.244. The number of rotatable bonds is 5. The van der Waals surface area contributed by atoms with E-state index in [4.69, 9.17) is 0 Å². The van der Waals surface area contributed by atoms with E-state index in [0.29, 0.717) is 12.0 Å². The van der Waals surface area contributed by atoms with Gasteiger partial charge >= 0.3 is 0 Å². The van der Waals surface area contributed by atoms with E-state index in [2.05, 4.69) is 51.3 Å². The van der Waals surface area contributed by atoms with Crippen molar-refractivity contribution in [1.29, 1.82) is 0 Å². The molecule has 1 aromatic carbocycles. The number of benzene rings is 1. The van der Waals surface area contributed by atoms with Gasteiger partial charge in [-0.15, -0.1) is 0 Å². The molecular formula is C16H23BrN2O. The summed E-state index contributed by atoms with van der Waals surface area (Å²) in [5.74, 6) is 0.563. The fraction of sp³-hybridized carbons (Fsp3) is 0.625. The van der Waals surface area contributed by atoms with Gasteiger partial charge in [0, 0.05) is 29.3 Å². The minimum Gasteiger partial charge on any atom is -0.394 e. The summed E-state index contributed by atoms with van der Waals surface area (Å²) in [4.78, 5) is 2.39. The number of nitrogens with zero attached hydrogens (tertiary/aromatic N) is 1. The van der Waals surface area contributed by atoms with Crippen molar-refractivity contribution in [2.75, 3.05) is 18.1 Å². The predicted molar refractivity (Wildman–Crippen MR) is 86.0 cm³/mol. The molecule has 0 spiro atoms. The molecule has 1 aliphatic carbocycles. The SMILES string of the molecule is CC1CCN(c2ccc(Br)cc2CNC2CC2)C1CO. The number of anilines is 1. The average molecular weight is 339 g/mol. The van der Waals surface area contributed by atoms with Crippen LogP contribution in [0.4, 0.5) is 5.69 Å². The van der Waals surface area contributed by atoms with Crippen molar-refractivity contribution in [3.8, 4) is 0 Å². The molecule has 0 amide bonds. The van der Waals surface area contributed by atoms with Gasteiger partial charge in [-0.2, -0.15) is 0 Å². The molecule has 2 aliphatic rings. The third-order valence-electron chi connectivity index (χ3n) is 4.58. The van der Waals surface area contributed by atoms with Gasteiger partial charge in [0.15, 0.2) is 0 Å². The number of aliphatic hydroxyl groups excluding tert-OH is 1. The zero-order chi connectivity index (χ0) is 14.1. The number of hydrogen-bond donors (Lipinski definition) is 2. The summed E-state index contributed by atoms with van der Waals surface area (Å²) >= 11 is 3.58. The normalized spacial score (nSPS) is 26.2. The molecule has 1 aliphatic heterocycles. The van der Waals surface area contributed by atoms with Crippen LogP contribution in [0.15, 0.2) is 22.7 Å². The molecule has 4 heteroatoms. The van der Waals surface area contributed by atoms with Crippen molar-refractivity contribution >= 4 is 21.6 Å². The Bertz CT molecular complexity index is 476. The van der Waals surface area contributed by atoms with Gasteiger partial charge in [-0.3, -0.25) is 0 Å². The third-order valence-corrected chi connectivity index (χ3v) is 5.07. The van der Waals surface area contributed by atoms with Gasteiger partial charge in [-0.25, -0.2) is 0 Å². The number of nitrogens with one attached hydrogen (secondary N) is 1. The molecule has 2 fully saturated rings. The minimum atomic E-state index is 0.243. The first-order valence-electron chi connectivity index (χ1n) is 7.58. The maximum Gasteiger partial charge on any atom is 0.0637 e. The second-order valence-corrected chi connectivity index (χ2v) is 7.05. The Morgan fingerprint density at radius 1 is 1.35 bits per heavy atom. The van der Waals surface area contributed by atoms with Gasteiger partial charge in [0.25, 0.3) is 0 Å². The molecule has 1 aromatic rings. The second-order valence-electron chi connectivity index (χ2n) is 6.14. The monoisotopic (exact) mass is 338 g/mol. The predicted octanol–water partition coefficient (Wildman–Crippen LogP) is 2.91. The van der Waals surface area contributed by atoms with Crippen LogP contribution in [0, 0.1) is 5.92 Å². The number of aliphatic hydroxyl groups is 1. The van der Waals surface area contributed by atoms with E-state index in [1.54, 1.807) is 0 Å². The van der Waals surface area contributed by atoms with E-state index >= 15 is 0 Å². The molecule has 0 aromatic heterocycles. The van der Waals surface area contributed by atoms with Gasteiger partial charge in [-0.05, 0) is 48.9 Å². The first-order valence-corrected chi connectivity index (χ1v) is 8.37. The van der Waals surface area contributed by atoms with Crippen LogP contribution in [0.3, 0.4) is 0 Å². The lowest BCUT2D eigenvalue weighted by Crippen LogP contribution is -2.36. The zero-order valence-corrected chi connectivity index (χ0v) is 13.6. The summed E-state index contributed by atoms with van der Waals surface area (Å²) in [5, 5.41) is 13.3. The average Bonchev–Trinajstić information content (AvgIpc) is 3.19. The van der Waals surface area contributed by atoms with E-state index in [1.807, 2.05) is 0 Å². The van der Waals surface area contributed by atoms with Crippen LogP contribution < -0.4 is 10.2 Å². The molecule has 1 heterocycles. The Balaban J connectivity index is 1.83. The molecule has 0 radical (unpaired) electrons. The van der Waals surface area contributed by atoms with Crippen LogP contribution in [0.25, 0.3) is 0 Å². The second kappa shape index (κ2) is 6.04. The summed E-state index contributed by atoms with van der Waals surface area (Å²) in [5.41, 5.74) is 2.61. The maximum absolute atomic E-state index is 9.68. The highest BCUT2D eigenvalue weighted by Gasteiger charge is 2.32. The van der Waals surface area contributed by atoms with Crippen LogP contribution in [0.2, 0.25) is 0 Å². The largest absolute Gasteiger partial charge is 0.394 e. The molecule has 110 valence electrons. The van der Waals surface area contributed by atoms with Crippen molar-refractivity contribution in [2.24, 2.45) is 5.92 Å². The molecule has 3 rings (SSSR count). The Kier molecular flexibility index (Phi) is 4.34. The molecular weight excluding hydrogens is 316 g/mol. The van der Waals surface area contributed by atoms with Crippen molar-refractivity contribution in [2.45, 2.75) is 44.8 Å². The van der Waals surface area contributed by atoms with Gasteiger partial charge in [0.2, 0.25) is 0 Å². The van der Waals surface area contributed by atoms with Gasteiger partial charge in [0.05, 0.1) is 12.6 Å². The van der Waals surface area contributed by atoms with E-state index in [9.17, 15) is 5.11 Å². The van der Waals surface area contributed by atoms with Gasteiger partial charge in [0.1, 0.15) is 0 Å². The zero-order valence-electron chi connectivity index (χ0n) is 12.0. The van der Waals surface area contributed by atoms with Crippen LogP contribution in [-0.4, -0.2) is 30.3 Å². The highest BCUT2D eigenvalue weighted by Crippen LogP contribution is 2.33. The van der Waals surface area contributed by atoms with E-state index in [-0.39, 0.29) is 12.6 Å². The Morgan fingerprint density at radius 3 is 2.85 bits per heavy atom. The maximum atomic E-state index is 9.68. The minimum absolute atomic E-state index is 0.243. The van der Waals surface area contributed by atoms with E-state index in [1.165, 1.54) is 24.1 Å². The molecule has 0 bridgehead atoms. The summed E-state index contributed by atoms with van der Waals surface area (Å²) in [6, 6.07) is 7.48. The number of halogens is 1. The molecule has 2 atom stereocenters. The van der Waals surface area contributed by atoms with Crippen LogP contribution >= 0.6 is 15.9 Å². The molecule has 2 N–H and O–H groups in total. The summed E-state index contributed by atoms with van der Waals surface area (Å²) in [6.45, 7) is 4.45. The van der Waals surface area contributed by atoms with Crippen molar-refractivity contribution < 1.29 is 5.11 Å². The molecule has 2 unspecified atom stereocenters. The third kappa shape index (κ3) is 3.02. The fourth-order valence-electron chi connectivity index (χ4n) is 3.10. The summed E-state index contributed by atoms with van der Waals surface area (Å²) < 4.78 is 1.13. The van der Waals surface area contributed by atoms with Gasteiger partial charge in [-0.1, -0.05) is 22.9 Å². The number of hydrogen-bond acceptors (Lipinski definition) is 3. The highest BCUT2D eigenvalue weighted by atomic mass is 79.9. The molecule has 1 saturated carbocycles. The lowest BCUT2D eigenvalue weighted by Gasteiger charge is -2.29. The summed E-state index contributed by atoms with van der Waals surface area (Å²) in [6.07, 6.45) is 3.78. The fourth-order valence-corrected chi connectivity index (χ4v) is 3.51. The van der Waals surface area contributed by atoms with Crippen molar-refractivity contribution in [3.63, 3.8) is 0 Å². The van der Waals surface area contributed by atoms with Gasteiger partial charge < -0.3 is 15.3 Å². The van der Waals surface area contributed by atoms with Crippen LogP contribution in [0.5, 0.6) is 0 Å². The van der Waals surface area contributed by atoms with E-state index in [0.717, 1.165) is 24.0 Å². The first kappa shape index (κ1) is 14.4. The van der Waals surface area contributed by atoms with Crippen LogP contribution in [0.1, 0.15) is 31.7 Å². The standard InChI is InChI=1S/C16H23BrN2O/c1-11-6-7-19(16(11)10-20)15-5-2-13(17)8-12(15)9-18-14-3-4-14/h2,5,8,11,14,16,18,20H,3-4,6-7,9-10H2,1H3. The van der Waals surface area contributed by atoms with E-state index < -0.39 is 0 Å². The molecule has 3 nitrogen and oxygen atoms in total. The highest BCUT2D eigenvalue weighted by molar-refractivity contribution is 9.10. The molecule has 1 saturated heterocycles. The first-order chi connectivity index (χ1) is 9.69. The Labute approximate surface area is 129 Å². The quantitative estimate of drug-likeness (QED) is 0.866. The Hall–Kier alpha value is -0.580. The summed E-state index contributed by atoms with van der Waals surface area (Å²) in [7, 11) is 0. The van der Waals surface area contributed by atoms with Crippen molar-refractivity contribution in [3.05, 3.63) is 28.2 Å².